The zero-order valence-corrected chi connectivity index (χ0v) is 11.8. The van der Waals surface area contributed by atoms with Gasteiger partial charge in [-0.25, -0.2) is 0 Å². The highest BCUT2D eigenvalue weighted by atomic mass is 15.3. The maximum Gasteiger partial charge on any atom is 0.0248 e. The Morgan fingerprint density at radius 2 is 2.00 bits per heavy atom. The van der Waals surface area contributed by atoms with Gasteiger partial charge < -0.3 is 5.32 Å². The molecule has 1 fully saturated rings. The zero-order chi connectivity index (χ0) is 12.2. The highest BCUT2D eigenvalue weighted by Gasteiger charge is 2.37. The van der Waals surface area contributed by atoms with Gasteiger partial charge in [-0.1, -0.05) is 20.8 Å². The van der Waals surface area contributed by atoms with Crippen LogP contribution in [0.5, 0.6) is 0 Å². The van der Waals surface area contributed by atoms with Crippen molar-refractivity contribution < 1.29 is 0 Å². The minimum absolute atomic E-state index is 0.406. The first kappa shape index (κ1) is 14.0. The van der Waals surface area contributed by atoms with Crippen LogP contribution in [0.25, 0.3) is 0 Å². The Morgan fingerprint density at radius 3 is 2.44 bits per heavy atom. The number of nitrogens with zero attached hydrogens (tertiary/aromatic N) is 1. The standard InChI is InChI=1S/C14H30N2/c1-6-9-15-11-13(12(2)3)16-10-7-8-14(16,4)5/h12-13,15H,6-11H2,1-5H3. The minimum atomic E-state index is 0.406. The van der Waals surface area contributed by atoms with Gasteiger partial charge in [-0.15, -0.1) is 0 Å². The Labute approximate surface area is 102 Å². The van der Waals surface area contributed by atoms with Crippen LogP contribution in [0.3, 0.4) is 0 Å². The van der Waals surface area contributed by atoms with Gasteiger partial charge in [0.2, 0.25) is 0 Å². The molecule has 0 aliphatic carbocycles. The largest absolute Gasteiger partial charge is 0.315 e. The molecule has 0 spiro atoms. The van der Waals surface area contributed by atoms with Crippen LogP contribution in [-0.4, -0.2) is 36.1 Å². The second kappa shape index (κ2) is 6.02. The van der Waals surface area contributed by atoms with Gasteiger partial charge >= 0.3 is 0 Å². The van der Waals surface area contributed by atoms with Crippen molar-refractivity contribution in [3.8, 4) is 0 Å². The molecule has 1 aliphatic heterocycles. The first-order chi connectivity index (χ1) is 7.49. The lowest BCUT2D eigenvalue weighted by Gasteiger charge is -2.40. The summed E-state index contributed by atoms with van der Waals surface area (Å²) >= 11 is 0. The maximum atomic E-state index is 3.59. The molecule has 0 aromatic carbocycles. The van der Waals surface area contributed by atoms with Crippen LogP contribution in [0.2, 0.25) is 0 Å². The first-order valence-electron chi connectivity index (χ1n) is 6.96. The second-order valence-corrected chi connectivity index (χ2v) is 6.12. The van der Waals surface area contributed by atoms with Gasteiger partial charge in [-0.3, -0.25) is 4.90 Å². The van der Waals surface area contributed by atoms with Crippen LogP contribution in [0, 0.1) is 5.92 Å². The molecule has 1 heterocycles. The van der Waals surface area contributed by atoms with E-state index in [2.05, 4.69) is 44.8 Å². The molecular weight excluding hydrogens is 196 g/mol. The third-order valence-corrected chi connectivity index (χ3v) is 3.92. The van der Waals surface area contributed by atoms with E-state index in [4.69, 9.17) is 0 Å². The monoisotopic (exact) mass is 226 g/mol. The molecule has 1 atom stereocenters. The lowest BCUT2D eigenvalue weighted by Crippen LogP contribution is -2.52. The molecule has 96 valence electrons. The molecule has 0 saturated carbocycles. The molecule has 1 aliphatic rings. The van der Waals surface area contributed by atoms with Crippen LogP contribution >= 0.6 is 0 Å². The van der Waals surface area contributed by atoms with Gasteiger partial charge in [0.05, 0.1) is 0 Å². The summed E-state index contributed by atoms with van der Waals surface area (Å²) in [5, 5.41) is 3.59. The molecule has 0 aromatic rings. The van der Waals surface area contributed by atoms with E-state index in [0.717, 1.165) is 19.0 Å². The van der Waals surface area contributed by atoms with Crippen molar-refractivity contribution in [1.82, 2.24) is 10.2 Å². The molecule has 1 N–H and O–H groups in total. The highest BCUT2D eigenvalue weighted by molar-refractivity contribution is 4.93. The van der Waals surface area contributed by atoms with Gasteiger partial charge in [0.1, 0.15) is 0 Å². The fourth-order valence-electron chi connectivity index (χ4n) is 2.88. The molecule has 2 heteroatoms. The van der Waals surface area contributed by atoms with E-state index >= 15 is 0 Å². The van der Waals surface area contributed by atoms with Gasteiger partial charge in [-0.05, 0) is 52.1 Å². The SMILES string of the molecule is CCCNCC(C(C)C)N1CCCC1(C)C. The fourth-order valence-corrected chi connectivity index (χ4v) is 2.88. The van der Waals surface area contributed by atoms with Crippen LogP contribution in [0.15, 0.2) is 0 Å². The van der Waals surface area contributed by atoms with E-state index in [-0.39, 0.29) is 0 Å². The van der Waals surface area contributed by atoms with Gasteiger partial charge in [0, 0.05) is 18.1 Å². The molecule has 0 aromatic heterocycles. The van der Waals surface area contributed by atoms with E-state index in [9.17, 15) is 0 Å². The van der Waals surface area contributed by atoms with Crippen molar-refractivity contribution in [2.24, 2.45) is 5.92 Å². The summed E-state index contributed by atoms with van der Waals surface area (Å²) in [5.41, 5.74) is 0.406. The Bertz CT molecular complexity index is 199. The normalized spacial score (nSPS) is 22.9. The predicted molar refractivity (Wildman–Crippen MR) is 71.8 cm³/mol. The van der Waals surface area contributed by atoms with E-state index < -0.39 is 0 Å². The Balaban J connectivity index is 2.55. The second-order valence-electron chi connectivity index (χ2n) is 6.12. The van der Waals surface area contributed by atoms with Crippen molar-refractivity contribution >= 4 is 0 Å². The fraction of sp³-hybridized carbons (Fsp3) is 1.00. The summed E-state index contributed by atoms with van der Waals surface area (Å²) in [6, 6.07) is 0.698. The van der Waals surface area contributed by atoms with E-state index in [1.807, 2.05) is 0 Å². The summed E-state index contributed by atoms with van der Waals surface area (Å²) in [6.07, 6.45) is 3.95. The van der Waals surface area contributed by atoms with E-state index in [0.29, 0.717) is 11.6 Å². The van der Waals surface area contributed by atoms with Gasteiger partial charge in [0.25, 0.3) is 0 Å². The summed E-state index contributed by atoms with van der Waals surface area (Å²) in [6.45, 7) is 15.3. The van der Waals surface area contributed by atoms with Crippen molar-refractivity contribution in [1.29, 1.82) is 0 Å². The van der Waals surface area contributed by atoms with Crippen molar-refractivity contribution in [2.45, 2.75) is 65.5 Å². The van der Waals surface area contributed by atoms with Crippen molar-refractivity contribution in [3.05, 3.63) is 0 Å². The summed E-state index contributed by atoms with van der Waals surface area (Å²) in [4.78, 5) is 2.72. The summed E-state index contributed by atoms with van der Waals surface area (Å²) < 4.78 is 0. The molecule has 1 rings (SSSR count). The van der Waals surface area contributed by atoms with Crippen molar-refractivity contribution in [3.63, 3.8) is 0 Å². The molecule has 1 saturated heterocycles. The average Bonchev–Trinajstić information content (AvgIpc) is 2.52. The number of hydrogen-bond acceptors (Lipinski definition) is 2. The topological polar surface area (TPSA) is 15.3 Å². The Morgan fingerprint density at radius 1 is 1.31 bits per heavy atom. The number of rotatable bonds is 6. The molecule has 0 amide bonds. The minimum Gasteiger partial charge on any atom is -0.315 e. The smallest absolute Gasteiger partial charge is 0.0248 e. The van der Waals surface area contributed by atoms with Crippen LogP contribution < -0.4 is 5.32 Å². The zero-order valence-electron chi connectivity index (χ0n) is 11.8. The molecular formula is C14H30N2. The number of hydrogen-bond donors (Lipinski definition) is 1. The summed E-state index contributed by atoms with van der Waals surface area (Å²) in [7, 11) is 0. The first-order valence-corrected chi connectivity index (χ1v) is 6.96. The third kappa shape index (κ3) is 3.46. The predicted octanol–water partition coefficient (Wildman–Crippen LogP) is 2.89. The highest BCUT2D eigenvalue weighted by Crippen LogP contribution is 2.32. The third-order valence-electron chi connectivity index (χ3n) is 3.92. The Kier molecular flexibility index (Phi) is 5.26. The molecule has 2 nitrogen and oxygen atoms in total. The van der Waals surface area contributed by atoms with Crippen LogP contribution in [-0.2, 0) is 0 Å². The molecule has 0 bridgehead atoms. The van der Waals surface area contributed by atoms with E-state index in [1.54, 1.807) is 0 Å². The average molecular weight is 226 g/mol. The van der Waals surface area contributed by atoms with Crippen molar-refractivity contribution in [2.75, 3.05) is 19.6 Å². The number of nitrogens with one attached hydrogen (secondary N) is 1. The summed E-state index contributed by atoms with van der Waals surface area (Å²) in [5.74, 6) is 0.738. The maximum absolute atomic E-state index is 3.59. The number of likely N-dealkylation sites (tertiary alicyclic amines) is 1. The van der Waals surface area contributed by atoms with Gasteiger partial charge in [-0.2, -0.15) is 0 Å². The quantitative estimate of drug-likeness (QED) is 0.701. The lowest BCUT2D eigenvalue weighted by molar-refractivity contribution is 0.0853. The Hall–Kier alpha value is -0.0800. The van der Waals surface area contributed by atoms with Crippen LogP contribution in [0.1, 0.15) is 53.9 Å². The van der Waals surface area contributed by atoms with E-state index in [1.165, 1.54) is 25.8 Å². The lowest BCUT2D eigenvalue weighted by atomic mass is 9.95. The molecule has 1 unspecified atom stereocenters. The molecule has 0 radical (unpaired) electrons. The van der Waals surface area contributed by atoms with Crippen LogP contribution in [0.4, 0.5) is 0 Å². The van der Waals surface area contributed by atoms with Gasteiger partial charge in [0.15, 0.2) is 0 Å². The molecule has 16 heavy (non-hydrogen) atoms.